The number of hydrogen-bond acceptors (Lipinski definition) is 7. The molecule has 1 rings (SSSR count). The van der Waals surface area contributed by atoms with E-state index < -0.39 is 16.6 Å². The van der Waals surface area contributed by atoms with Crippen molar-refractivity contribution in [2.24, 2.45) is 0 Å². The number of carbonyl (C=O) groups excluding carboxylic acids is 1. The summed E-state index contributed by atoms with van der Waals surface area (Å²) in [4.78, 5) is 28.4. The van der Waals surface area contributed by atoms with Crippen molar-refractivity contribution in [3.63, 3.8) is 0 Å². The summed E-state index contributed by atoms with van der Waals surface area (Å²) >= 11 is 5.63. The Morgan fingerprint density at radius 2 is 2.24 bits per heavy atom. The van der Waals surface area contributed by atoms with E-state index in [1.807, 2.05) is 0 Å². The highest BCUT2D eigenvalue weighted by Gasteiger charge is 2.23. The number of rotatable bonds is 4. The summed E-state index contributed by atoms with van der Waals surface area (Å²) in [6.07, 6.45) is 0. The minimum absolute atomic E-state index is 0.113. The van der Waals surface area contributed by atoms with Crippen molar-refractivity contribution in [1.82, 2.24) is 9.97 Å². The predicted octanol–water partition coefficient (Wildman–Crippen LogP) is 0.932. The third-order valence-electron chi connectivity index (χ3n) is 1.76. The maximum atomic E-state index is 10.9. The SMILES string of the molecule is COC(=O)CNc1nc(C)nc(Cl)c1[N+](=O)[O-]. The molecule has 17 heavy (non-hydrogen) atoms. The van der Waals surface area contributed by atoms with Crippen molar-refractivity contribution >= 4 is 29.1 Å². The van der Waals surface area contributed by atoms with Crippen LogP contribution in [0.25, 0.3) is 0 Å². The molecule has 1 N–H and O–H groups in total. The molecule has 0 aliphatic carbocycles. The molecule has 0 aliphatic heterocycles. The smallest absolute Gasteiger partial charge is 0.348 e. The molecule has 0 atom stereocenters. The van der Waals surface area contributed by atoms with Gasteiger partial charge in [0.05, 0.1) is 12.0 Å². The van der Waals surface area contributed by atoms with Gasteiger partial charge in [-0.3, -0.25) is 14.9 Å². The van der Waals surface area contributed by atoms with Crippen LogP contribution in [0.4, 0.5) is 11.5 Å². The molecule has 8 nitrogen and oxygen atoms in total. The van der Waals surface area contributed by atoms with Gasteiger partial charge in [0.2, 0.25) is 11.0 Å². The second-order valence-electron chi connectivity index (χ2n) is 2.95. The topological polar surface area (TPSA) is 107 Å². The molecule has 0 saturated heterocycles. The molecule has 0 unspecified atom stereocenters. The number of aromatic nitrogens is 2. The maximum Gasteiger partial charge on any atom is 0.348 e. The highest BCUT2D eigenvalue weighted by molar-refractivity contribution is 6.31. The standard InChI is InChI=1S/C8H9ClN4O4/c1-4-11-7(9)6(13(15)16)8(12-4)10-3-5(14)17-2/h3H2,1-2H3,(H,10,11,12). The van der Waals surface area contributed by atoms with Crippen molar-refractivity contribution in [3.05, 3.63) is 21.1 Å². The first-order valence-corrected chi connectivity index (χ1v) is 4.82. The fourth-order valence-electron chi connectivity index (χ4n) is 1.05. The molecule has 0 amide bonds. The second-order valence-corrected chi connectivity index (χ2v) is 3.30. The molecule has 0 aliphatic rings. The number of aryl methyl sites for hydroxylation is 1. The van der Waals surface area contributed by atoms with Crippen LogP contribution in [0.5, 0.6) is 0 Å². The van der Waals surface area contributed by atoms with E-state index in [-0.39, 0.29) is 23.3 Å². The Balaban J connectivity index is 3.04. The molecule has 0 bridgehead atoms. The maximum absolute atomic E-state index is 10.9. The van der Waals surface area contributed by atoms with Gasteiger partial charge in [0.15, 0.2) is 0 Å². The zero-order chi connectivity index (χ0) is 13.0. The van der Waals surface area contributed by atoms with Gasteiger partial charge in [0.25, 0.3) is 0 Å². The molecule has 1 aromatic rings. The molecular formula is C8H9ClN4O4. The minimum atomic E-state index is -0.721. The van der Waals surface area contributed by atoms with Gasteiger partial charge >= 0.3 is 11.7 Å². The summed E-state index contributed by atoms with van der Waals surface area (Å²) < 4.78 is 4.39. The minimum Gasteiger partial charge on any atom is -0.468 e. The normalized spacial score (nSPS) is 9.82. The monoisotopic (exact) mass is 260 g/mol. The molecule has 0 radical (unpaired) electrons. The van der Waals surface area contributed by atoms with Crippen LogP contribution < -0.4 is 5.32 Å². The van der Waals surface area contributed by atoms with E-state index >= 15 is 0 Å². The quantitative estimate of drug-likeness (QED) is 0.371. The van der Waals surface area contributed by atoms with Crippen molar-refractivity contribution in [2.75, 3.05) is 19.0 Å². The molecule has 0 saturated carbocycles. The highest BCUT2D eigenvalue weighted by atomic mass is 35.5. The van der Waals surface area contributed by atoms with Crippen molar-refractivity contribution in [2.45, 2.75) is 6.92 Å². The van der Waals surface area contributed by atoms with Gasteiger partial charge in [-0.2, -0.15) is 0 Å². The lowest BCUT2D eigenvalue weighted by Gasteiger charge is -2.06. The Kier molecular flexibility index (Phi) is 4.16. The largest absolute Gasteiger partial charge is 0.468 e. The molecule has 0 spiro atoms. The van der Waals surface area contributed by atoms with Gasteiger partial charge < -0.3 is 10.1 Å². The zero-order valence-electron chi connectivity index (χ0n) is 9.06. The van der Waals surface area contributed by atoms with Gasteiger partial charge in [0, 0.05) is 0 Å². The number of esters is 1. The van der Waals surface area contributed by atoms with Crippen LogP contribution in [0.15, 0.2) is 0 Å². The van der Waals surface area contributed by atoms with Crippen molar-refractivity contribution in [3.8, 4) is 0 Å². The Morgan fingerprint density at radius 1 is 1.59 bits per heavy atom. The fourth-order valence-corrected chi connectivity index (χ4v) is 1.33. The summed E-state index contributed by atoms with van der Waals surface area (Å²) in [7, 11) is 1.20. The summed E-state index contributed by atoms with van der Waals surface area (Å²) in [6.45, 7) is 1.28. The van der Waals surface area contributed by atoms with Gasteiger partial charge in [-0.1, -0.05) is 11.6 Å². The van der Waals surface area contributed by atoms with Crippen LogP contribution in [0, 0.1) is 17.0 Å². The lowest BCUT2D eigenvalue weighted by atomic mass is 10.4. The Bertz CT molecular complexity index is 465. The number of carbonyl (C=O) groups is 1. The Morgan fingerprint density at radius 3 is 2.76 bits per heavy atom. The van der Waals surface area contributed by atoms with E-state index in [0.29, 0.717) is 0 Å². The van der Waals surface area contributed by atoms with Crippen LogP contribution in [-0.2, 0) is 9.53 Å². The molecule has 92 valence electrons. The zero-order valence-corrected chi connectivity index (χ0v) is 9.82. The first-order chi connectivity index (χ1) is 7.95. The van der Waals surface area contributed by atoms with Crippen LogP contribution in [0.1, 0.15) is 5.82 Å². The highest BCUT2D eigenvalue weighted by Crippen LogP contribution is 2.29. The van der Waals surface area contributed by atoms with E-state index in [4.69, 9.17) is 11.6 Å². The summed E-state index contributed by atoms with van der Waals surface area (Å²) in [6, 6.07) is 0. The number of hydrogen-bond donors (Lipinski definition) is 1. The molecule has 0 fully saturated rings. The average Bonchev–Trinajstić information content (AvgIpc) is 2.24. The van der Waals surface area contributed by atoms with Crippen molar-refractivity contribution < 1.29 is 14.5 Å². The second kappa shape index (κ2) is 5.39. The number of nitro groups is 1. The summed E-state index contributed by atoms with van der Waals surface area (Å²) in [5, 5.41) is 12.9. The molecule has 9 heteroatoms. The fraction of sp³-hybridized carbons (Fsp3) is 0.375. The van der Waals surface area contributed by atoms with E-state index in [0.717, 1.165) is 0 Å². The van der Waals surface area contributed by atoms with Crippen LogP contribution in [-0.4, -0.2) is 34.5 Å². The molecular weight excluding hydrogens is 252 g/mol. The number of ether oxygens (including phenoxy) is 1. The Labute approximate surface area is 101 Å². The van der Waals surface area contributed by atoms with Gasteiger partial charge in [0.1, 0.15) is 12.4 Å². The lowest BCUT2D eigenvalue weighted by molar-refractivity contribution is -0.384. The van der Waals surface area contributed by atoms with Gasteiger partial charge in [-0.15, -0.1) is 0 Å². The van der Waals surface area contributed by atoms with Crippen LogP contribution >= 0.6 is 11.6 Å². The molecule has 1 heterocycles. The first-order valence-electron chi connectivity index (χ1n) is 4.45. The average molecular weight is 261 g/mol. The number of anilines is 1. The van der Waals surface area contributed by atoms with Crippen LogP contribution in [0.3, 0.4) is 0 Å². The lowest BCUT2D eigenvalue weighted by Crippen LogP contribution is -2.17. The Hall–Kier alpha value is -1.96. The van der Waals surface area contributed by atoms with E-state index in [9.17, 15) is 14.9 Å². The number of nitrogens with zero attached hydrogens (tertiary/aromatic N) is 3. The van der Waals surface area contributed by atoms with E-state index in [1.54, 1.807) is 0 Å². The number of halogens is 1. The van der Waals surface area contributed by atoms with Gasteiger partial charge in [-0.05, 0) is 6.92 Å². The number of nitrogens with one attached hydrogen (secondary N) is 1. The van der Waals surface area contributed by atoms with E-state index in [1.165, 1.54) is 14.0 Å². The van der Waals surface area contributed by atoms with Crippen molar-refractivity contribution in [1.29, 1.82) is 0 Å². The first kappa shape index (κ1) is 13.1. The van der Waals surface area contributed by atoms with Gasteiger partial charge in [-0.25, -0.2) is 9.97 Å². The predicted molar refractivity (Wildman–Crippen MR) is 58.9 cm³/mol. The van der Waals surface area contributed by atoms with E-state index in [2.05, 4.69) is 20.0 Å². The van der Waals surface area contributed by atoms with Crippen LogP contribution in [0.2, 0.25) is 5.15 Å². The summed E-state index contributed by atoms with van der Waals surface area (Å²) in [5.74, 6) is -0.433. The third-order valence-corrected chi connectivity index (χ3v) is 2.03. The molecule has 0 aromatic carbocycles. The summed E-state index contributed by atoms with van der Waals surface area (Å²) in [5.41, 5.74) is -0.471. The molecule has 1 aromatic heterocycles. The third kappa shape index (κ3) is 3.25. The number of methoxy groups -OCH3 is 1.